The zero-order chi connectivity index (χ0) is 23.8. The molecule has 0 radical (unpaired) electrons. The van der Waals surface area contributed by atoms with Gasteiger partial charge in [-0.15, -0.1) is 0 Å². The van der Waals surface area contributed by atoms with Crippen molar-refractivity contribution in [1.82, 2.24) is 9.88 Å². The van der Waals surface area contributed by atoms with E-state index in [1.165, 1.54) is 0 Å². The van der Waals surface area contributed by atoms with Crippen molar-refractivity contribution in [3.8, 4) is 17.2 Å². The van der Waals surface area contributed by atoms with Crippen LogP contribution in [0.3, 0.4) is 0 Å². The van der Waals surface area contributed by atoms with Gasteiger partial charge in [0.2, 0.25) is 5.75 Å². The monoisotopic (exact) mass is 477 g/mol. The number of likely N-dealkylation sites (tertiary alicyclic amines) is 1. The highest BCUT2D eigenvalue weighted by atomic mass is 35.5. The fourth-order valence-corrected chi connectivity index (χ4v) is 3.67. The average Bonchev–Trinajstić information content (AvgIpc) is 2.79. The molecule has 0 unspecified atom stereocenters. The van der Waals surface area contributed by atoms with Gasteiger partial charge in [-0.1, -0.05) is 18.5 Å². The number of nitrogens with zero attached hydrogens (tertiary/aromatic N) is 2. The van der Waals surface area contributed by atoms with Gasteiger partial charge in [0.05, 0.1) is 30.5 Å². The Bertz CT molecular complexity index is 932. The van der Waals surface area contributed by atoms with E-state index in [2.05, 4.69) is 17.2 Å². The first-order valence-corrected chi connectivity index (χ1v) is 11.6. The Hall–Kier alpha value is -2.87. The summed E-state index contributed by atoms with van der Waals surface area (Å²) in [6.45, 7) is 7.53. The number of methoxy groups -OCH3 is 1. The van der Waals surface area contributed by atoms with Crippen molar-refractivity contribution in [2.45, 2.75) is 52.2 Å². The lowest BCUT2D eigenvalue weighted by Crippen LogP contribution is -2.42. The van der Waals surface area contributed by atoms with Gasteiger partial charge in [-0.3, -0.25) is 0 Å². The highest BCUT2D eigenvalue weighted by molar-refractivity contribution is 6.33. The molecule has 1 amide bonds. The van der Waals surface area contributed by atoms with E-state index in [-0.39, 0.29) is 18.3 Å². The number of pyridine rings is 1. The lowest BCUT2D eigenvalue weighted by Gasteiger charge is -2.32. The Morgan fingerprint density at radius 1 is 1.27 bits per heavy atom. The first-order valence-electron chi connectivity index (χ1n) is 11.3. The van der Waals surface area contributed by atoms with Crippen molar-refractivity contribution in [1.29, 1.82) is 0 Å². The lowest BCUT2D eigenvalue weighted by molar-refractivity contribution is 0.0511. The molecular formula is C24H32ClN3O5. The number of carbonyl (C=O) groups excluding carboxylic acids is 1. The summed E-state index contributed by atoms with van der Waals surface area (Å²) in [4.78, 5) is 18.2. The third-order valence-electron chi connectivity index (χ3n) is 5.07. The van der Waals surface area contributed by atoms with Gasteiger partial charge in [-0.05, 0) is 32.4 Å². The number of hydrogen-bond acceptors (Lipinski definition) is 7. The minimum Gasteiger partial charge on any atom is -0.494 e. The quantitative estimate of drug-likeness (QED) is 0.498. The number of halogens is 1. The first-order chi connectivity index (χ1) is 15.9. The zero-order valence-corrected chi connectivity index (χ0v) is 20.4. The van der Waals surface area contributed by atoms with E-state index in [9.17, 15) is 4.79 Å². The van der Waals surface area contributed by atoms with Crippen molar-refractivity contribution in [2.75, 3.05) is 32.1 Å². The molecule has 0 bridgehead atoms. The number of aromatic nitrogens is 1. The van der Waals surface area contributed by atoms with E-state index >= 15 is 0 Å². The predicted octanol–water partition coefficient (Wildman–Crippen LogP) is 5.66. The Balaban J connectivity index is 1.66. The third-order valence-corrected chi connectivity index (χ3v) is 5.38. The van der Waals surface area contributed by atoms with Crippen molar-refractivity contribution < 1.29 is 23.7 Å². The molecule has 3 rings (SSSR count). The van der Waals surface area contributed by atoms with E-state index in [0.717, 1.165) is 6.42 Å². The number of benzene rings is 1. The number of ether oxygens (including phenoxy) is 4. The van der Waals surface area contributed by atoms with Crippen LogP contribution in [0.15, 0.2) is 30.5 Å². The molecule has 0 saturated carbocycles. The number of carbonyl (C=O) groups is 1. The van der Waals surface area contributed by atoms with Crippen LogP contribution in [0.2, 0.25) is 5.02 Å². The number of nitrogens with one attached hydrogen (secondary N) is 1. The standard InChI is InChI=1S/C24H32ClN3O5/c1-5-14-31-18-6-7-20(19(25)15-18)27-23-22(30-4)21(8-11-26-23)33-17-9-12-28(13-10-17)24(29)32-16(2)3/h6-8,11,15-17H,5,9-10,12-14H2,1-4H3,(H,26,27). The van der Waals surface area contributed by atoms with E-state index in [1.54, 1.807) is 30.3 Å². The highest BCUT2D eigenvalue weighted by Crippen LogP contribution is 2.38. The predicted molar refractivity (Wildman–Crippen MR) is 128 cm³/mol. The van der Waals surface area contributed by atoms with Crippen LogP contribution in [0.4, 0.5) is 16.3 Å². The smallest absolute Gasteiger partial charge is 0.410 e. The number of rotatable bonds is 9. The fourth-order valence-electron chi connectivity index (χ4n) is 3.46. The summed E-state index contributed by atoms with van der Waals surface area (Å²) < 4.78 is 22.7. The summed E-state index contributed by atoms with van der Waals surface area (Å²) >= 11 is 6.44. The molecule has 33 heavy (non-hydrogen) atoms. The minimum atomic E-state index is -0.278. The molecule has 0 aliphatic carbocycles. The molecular weight excluding hydrogens is 446 g/mol. The molecule has 180 valence electrons. The van der Waals surface area contributed by atoms with Gasteiger partial charge < -0.3 is 29.2 Å². The van der Waals surface area contributed by atoms with Crippen LogP contribution in [0.1, 0.15) is 40.0 Å². The fraction of sp³-hybridized carbons (Fsp3) is 0.500. The summed E-state index contributed by atoms with van der Waals surface area (Å²) in [5.41, 5.74) is 0.681. The van der Waals surface area contributed by atoms with Crippen molar-refractivity contribution in [3.63, 3.8) is 0 Å². The van der Waals surface area contributed by atoms with Gasteiger partial charge in [0.25, 0.3) is 0 Å². The molecule has 9 heteroatoms. The van der Waals surface area contributed by atoms with Gasteiger partial charge in [-0.2, -0.15) is 0 Å². The molecule has 1 fully saturated rings. The second-order valence-corrected chi connectivity index (χ2v) is 8.45. The van der Waals surface area contributed by atoms with E-state index in [4.69, 9.17) is 30.5 Å². The Labute approximate surface area is 200 Å². The topological polar surface area (TPSA) is 82.2 Å². The first kappa shape index (κ1) is 24.8. The van der Waals surface area contributed by atoms with Crippen molar-refractivity contribution in [3.05, 3.63) is 35.5 Å². The molecule has 1 aromatic carbocycles. The van der Waals surface area contributed by atoms with Crippen LogP contribution in [0, 0.1) is 0 Å². The minimum absolute atomic E-state index is 0.0455. The van der Waals surface area contributed by atoms with Crippen LogP contribution >= 0.6 is 11.6 Å². The second-order valence-electron chi connectivity index (χ2n) is 8.04. The normalized spacial score (nSPS) is 14.2. The Morgan fingerprint density at radius 2 is 2.03 bits per heavy atom. The maximum atomic E-state index is 12.1. The molecule has 1 aliphatic rings. The van der Waals surface area contributed by atoms with Crippen LogP contribution in [-0.4, -0.2) is 55.0 Å². The molecule has 0 spiro atoms. The maximum absolute atomic E-state index is 12.1. The van der Waals surface area contributed by atoms with E-state index in [0.29, 0.717) is 66.3 Å². The van der Waals surface area contributed by atoms with Crippen molar-refractivity contribution >= 4 is 29.2 Å². The SMILES string of the molecule is CCCOc1ccc(Nc2nccc(OC3CCN(C(=O)OC(C)C)CC3)c2OC)c(Cl)c1. The Morgan fingerprint density at radius 3 is 2.67 bits per heavy atom. The van der Waals surface area contributed by atoms with Gasteiger partial charge in [-0.25, -0.2) is 9.78 Å². The third kappa shape index (κ3) is 6.81. The molecule has 1 aromatic heterocycles. The number of piperidine rings is 1. The molecule has 1 N–H and O–H groups in total. The highest BCUT2D eigenvalue weighted by Gasteiger charge is 2.26. The summed E-state index contributed by atoms with van der Waals surface area (Å²) in [7, 11) is 1.57. The van der Waals surface area contributed by atoms with E-state index in [1.807, 2.05) is 26.0 Å². The van der Waals surface area contributed by atoms with Crippen LogP contribution < -0.4 is 19.5 Å². The van der Waals surface area contributed by atoms with Gasteiger partial charge in [0.1, 0.15) is 11.9 Å². The second kappa shape index (κ2) is 11.8. The average molecular weight is 478 g/mol. The van der Waals surface area contributed by atoms with Gasteiger partial charge in [0, 0.05) is 44.3 Å². The summed E-state index contributed by atoms with van der Waals surface area (Å²) in [5, 5.41) is 3.73. The number of amides is 1. The van der Waals surface area contributed by atoms with Crippen LogP contribution in [-0.2, 0) is 4.74 Å². The lowest BCUT2D eigenvalue weighted by atomic mass is 10.1. The van der Waals surface area contributed by atoms with Crippen LogP contribution in [0.25, 0.3) is 0 Å². The maximum Gasteiger partial charge on any atom is 0.410 e. The molecule has 8 nitrogen and oxygen atoms in total. The van der Waals surface area contributed by atoms with Gasteiger partial charge in [0.15, 0.2) is 11.6 Å². The molecule has 0 atom stereocenters. The molecule has 2 aromatic rings. The number of hydrogen-bond donors (Lipinski definition) is 1. The molecule has 1 aliphatic heterocycles. The molecule has 1 saturated heterocycles. The summed E-state index contributed by atoms with van der Waals surface area (Å²) in [5.74, 6) is 2.28. The summed E-state index contributed by atoms with van der Waals surface area (Å²) in [6.07, 6.45) is 3.52. The van der Waals surface area contributed by atoms with Crippen LogP contribution in [0.5, 0.6) is 17.2 Å². The summed E-state index contributed by atoms with van der Waals surface area (Å²) in [6, 6.07) is 7.24. The Kier molecular flexibility index (Phi) is 8.88. The zero-order valence-electron chi connectivity index (χ0n) is 19.6. The van der Waals surface area contributed by atoms with E-state index < -0.39 is 0 Å². The van der Waals surface area contributed by atoms with Crippen molar-refractivity contribution in [2.24, 2.45) is 0 Å². The number of anilines is 2. The molecule has 2 heterocycles. The largest absolute Gasteiger partial charge is 0.494 e. The van der Waals surface area contributed by atoms with Gasteiger partial charge >= 0.3 is 6.09 Å².